The molecule has 4 rings (SSSR count). The van der Waals surface area contributed by atoms with Gasteiger partial charge in [0, 0.05) is 12.1 Å². The van der Waals surface area contributed by atoms with E-state index in [0.717, 1.165) is 34.4 Å². The predicted octanol–water partition coefficient (Wildman–Crippen LogP) is 3.29. The first-order valence-corrected chi connectivity index (χ1v) is 8.84. The van der Waals surface area contributed by atoms with Gasteiger partial charge in [0.15, 0.2) is 0 Å². The number of hydrogen-bond acceptors (Lipinski definition) is 4. The molecule has 1 atom stereocenters. The lowest BCUT2D eigenvalue weighted by molar-refractivity contribution is 0.0411. The molecule has 1 aliphatic heterocycles. The Labute approximate surface area is 152 Å². The molecular weight excluding hydrogens is 326 g/mol. The quantitative estimate of drug-likeness (QED) is 0.790. The molecule has 0 fully saturated rings. The van der Waals surface area contributed by atoms with E-state index in [9.17, 15) is 4.79 Å². The summed E-state index contributed by atoms with van der Waals surface area (Å²) in [5, 5.41) is 2.99. The Morgan fingerprint density at radius 3 is 2.73 bits per heavy atom. The molecule has 0 saturated heterocycles. The summed E-state index contributed by atoms with van der Waals surface area (Å²) in [5.41, 5.74) is 6.36. The summed E-state index contributed by atoms with van der Waals surface area (Å²) in [7, 11) is 0. The van der Waals surface area contributed by atoms with Crippen LogP contribution in [0.3, 0.4) is 0 Å². The maximum Gasteiger partial charge on any atom is 0.251 e. The van der Waals surface area contributed by atoms with Gasteiger partial charge in [-0.2, -0.15) is 0 Å². The van der Waals surface area contributed by atoms with Crippen LogP contribution in [0.5, 0.6) is 0 Å². The van der Waals surface area contributed by atoms with Gasteiger partial charge in [0.25, 0.3) is 5.91 Å². The number of amides is 1. The minimum absolute atomic E-state index is 0.103. The summed E-state index contributed by atoms with van der Waals surface area (Å²) >= 11 is 0. The fourth-order valence-corrected chi connectivity index (χ4v) is 3.31. The third-order valence-corrected chi connectivity index (χ3v) is 4.88. The normalized spacial score (nSPS) is 16.3. The highest BCUT2D eigenvalue weighted by Gasteiger charge is 2.21. The molecule has 0 saturated carbocycles. The standard InChI is InChI=1S/C21H21N3O2/c1-13-14(2)24-19-11-16(7-8-18(19)23-13)21(25)22-12-20-17-6-4-3-5-15(17)9-10-26-20/h3-8,11,20H,9-10,12H2,1-2H3,(H,22,25)/t20-/m0/s1. The molecule has 3 aromatic rings. The highest BCUT2D eigenvalue weighted by molar-refractivity contribution is 5.97. The monoisotopic (exact) mass is 347 g/mol. The van der Waals surface area contributed by atoms with Gasteiger partial charge in [0.1, 0.15) is 6.10 Å². The highest BCUT2D eigenvalue weighted by atomic mass is 16.5. The van der Waals surface area contributed by atoms with Crippen molar-refractivity contribution in [2.24, 2.45) is 0 Å². The van der Waals surface area contributed by atoms with E-state index in [1.165, 1.54) is 5.56 Å². The second-order valence-electron chi connectivity index (χ2n) is 6.62. The molecule has 1 aliphatic rings. The fraction of sp³-hybridized carbons (Fsp3) is 0.286. The number of rotatable bonds is 3. The van der Waals surface area contributed by atoms with Gasteiger partial charge >= 0.3 is 0 Å². The maximum atomic E-state index is 12.6. The third-order valence-electron chi connectivity index (χ3n) is 4.88. The smallest absolute Gasteiger partial charge is 0.251 e. The molecular formula is C21H21N3O2. The number of benzene rings is 2. The van der Waals surface area contributed by atoms with E-state index in [2.05, 4.69) is 27.4 Å². The minimum atomic E-state index is -0.126. The van der Waals surface area contributed by atoms with E-state index in [-0.39, 0.29) is 12.0 Å². The molecule has 0 aliphatic carbocycles. The SMILES string of the molecule is Cc1nc2ccc(C(=O)NC[C@@H]3OCCc4ccccc43)cc2nc1C. The van der Waals surface area contributed by atoms with Gasteiger partial charge in [-0.3, -0.25) is 4.79 Å². The highest BCUT2D eigenvalue weighted by Crippen LogP contribution is 2.26. The minimum Gasteiger partial charge on any atom is -0.371 e. The van der Waals surface area contributed by atoms with E-state index in [4.69, 9.17) is 4.74 Å². The molecule has 0 unspecified atom stereocenters. The predicted molar refractivity (Wildman–Crippen MR) is 100 cm³/mol. The second-order valence-corrected chi connectivity index (χ2v) is 6.62. The first-order chi connectivity index (χ1) is 12.6. The van der Waals surface area contributed by atoms with Crippen molar-refractivity contribution in [3.8, 4) is 0 Å². The van der Waals surface area contributed by atoms with E-state index in [0.29, 0.717) is 18.7 Å². The number of carbonyl (C=O) groups excluding carboxylic acids is 1. The Hall–Kier alpha value is -2.79. The summed E-state index contributed by atoms with van der Waals surface area (Å²) in [6, 6.07) is 13.7. The summed E-state index contributed by atoms with van der Waals surface area (Å²) in [6.45, 7) is 4.99. The van der Waals surface area contributed by atoms with Crippen molar-refractivity contribution in [2.45, 2.75) is 26.4 Å². The molecule has 132 valence electrons. The van der Waals surface area contributed by atoms with Crippen molar-refractivity contribution in [1.29, 1.82) is 0 Å². The topological polar surface area (TPSA) is 64.1 Å². The molecule has 2 aromatic carbocycles. The maximum absolute atomic E-state index is 12.6. The number of aryl methyl sites for hydroxylation is 2. The zero-order valence-electron chi connectivity index (χ0n) is 15.0. The molecule has 0 radical (unpaired) electrons. The van der Waals surface area contributed by atoms with Gasteiger partial charge in [-0.15, -0.1) is 0 Å². The van der Waals surface area contributed by atoms with Crippen molar-refractivity contribution in [3.05, 3.63) is 70.5 Å². The van der Waals surface area contributed by atoms with Gasteiger partial charge in [0.2, 0.25) is 0 Å². The average molecular weight is 347 g/mol. The Balaban J connectivity index is 1.50. The number of hydrogen-bond donors (Lipinski definition) is 1. The molecule has 2 heterocycles. The molecule has 1 amide bonds. The molecule has 0 bridgehead atoms. The molecule has 26 heavy (non-hydrogen) atoms. The number of nitrogens with one attached hydrogen (secondary N) is 1. The molecule has 5 heteroatoms. The van der Waals surface area contributed by atoms with E-state index in [1.54, 1.807) is 12.1 Å². The lowest BCUT2D eigenvalue weighted by Crippen LogP contribution is -2.31. The first kappa shape index (κ1) is 16.7. The zero-order chi connectivity index (χ0) is 18.1. The van der Waals surface area contributed by atoms with Crippen LogP contribution in [-0.2, 0) is 11.2 Å². The molecule has 1 aromatic heterocycles. The van der Waals surface area contributed by atoms with Crippen molar-refractivity contribution in [2.75, 3.05) is 13.2 Å². The molecule has 1 N–H and O–H groups in total. The van der Waals surface area contributed by atoms with Crippen molar-refractivity contribution < 1.29 is 9.53 Å². The number of ether oxygens (including phenoxy) is 1. The van der Waals surface area contributed by atoms with Gasteiger partial charge in [0.05, 0.1) is 29.0 Å². The fourth-order valence-electron chi connectivity index (χ4n) is 3.31. The third kappa shape index (κ3) is 3.18. The van der Waals surface area contributed by atoms with Gasteiger partial charge in [-0.25, -0.2) is 9.97 Å². The lowest BCUT2D eigenvalue weighted by atomic mass is 9.97. The van der Waals surface area contributed by atoms with E-state index in [1.807, 2.05) is 32.0 Å². The van der Waals surface area contributed by atoms with Gasteiger partial charge < -0.3 is 10.1 Å². The summed E-state index contributed by atoms with van der Waals surface area (Å²) < 4.78 is 5.85. The number of carbonyl (C=O) groups is 1. The summed E-state index contributed by atoms with van der Waals surface area (Å²) in [4.78, 5) is 21.6. The van der Waals surface area contributed by atoms with Gasteiger partial charge in [-0.05, 0) is 49.6 Å². The van der Waals surface area contributed by atoms with E-state index >= 15 is 0 Å². The van der Waals surface area contributed by atoms with Crippen LogP contribution >= 0.6 is 0 Å². The van der Waals surface area contributed by atoms with Crippen LogP contribution in [0.1, 0.15) is 39.0 Å². The first-order valence-electron chi connectivity index (χ1n) is 8.84. The Bertz CT molecular complexity index is 984. The Morgan fingerprint density at radius 2 is 1.88 bits per heavy atom. The van der Waals surface area contributed by atoms with Crippen LogP contribution in [0.4, 0.5) is 0 Å². The second kappa shape index (κ2) is 6.84. The van der Waals surface area contributed by atoms with Crippen molar-refractivity contribution in [3.63, 3.8) is 0 Å². The molecule has 5 nitrogen and oxygen atoms in total. The number of aromatic nitrogens is 2. The van der Waals surface area contributed by atoms with Crippen molar-refractivity contribution in [1.82, 2.24) is 15.3 Å². The number of fused-ring (bicyclic) bond motifs is 2. The lowest BCUT2D eigenvalue weighted by Gasteiger charge is -2.26. The van der Waals surface area contributed by atoms with Crippen molar-refractivity contribution >= 4 is 16.9 Å². The van der Waals surface area contributed by atoms with Crippen LogP contribution < -0.4 is 5.32 Å². The summed E-state index contributed by atoms with van der Waals surface area (Å²) in [5.74, 6) is -0.126. The van der Waals surface area contributed by atoms with Crippen LogP contribution in [-0.4, -0.2) is 29.0 Å². The van der Waals surface area contributed by atoms with E-state index < -0.39 is 0 Å². The van der Waals surface area contributed by atoms with Crippen LogP contribution in [0, 0.1) is 13.8 Å². The largest absolute Gasteiger partial charge is 0.371 e. The average Bonchev–Trinajstić information content (AvgIpc) is 2.66. The Morgan fingerprint density at radius 1 is 1.12 bits per heavy atom. The number of nitrogens with zero attached hydrogens (tertiary/aromatic N) is 2. The van der Waals surface area contributed by atoms with Gasteiger partial charge in [-0.1, -0.05) is 24.3 Å². The summed E-state index contributed by atoms with van der Waals surface area (Å²) in [6.07, 6.45) is 0.817. The van der Waals surface area contributed by atoms with Crippen LogP contribution in [0.15, 0.2) is 42.5 Å². The van der Waals surface area contributed by atoms with Crippen LogP contribution in [0.2, 0.25) is 0 Å². The Kier molecular flexibility index (Phi) is 4.39. The zero-order valence-corrected chi connectivity index (χ0v) is 15.0. The van der Waals surface area contributed by atoms with Crippen LogP contribution in [0.25, 0.3) is 11.0 Å². The molecule has 0 spiro atoms.